The van der Waals surface area contributed by atoms with E-state index in [0.717, 1.165) is 51.8 Å². The Morgan fingerprint density at radius 3 is 2.90 bits per heavy atom. The molecular formula is C16H25N3O2. The molecule has 0 radical (unpaired) electrons. The highest BCUT2D eigenvalue weighted by Gasteiger charge is 2.35. The molecule has 5 nitrogen and oxygen atoms in total. The first-order valence-corrected chi connectivity index (χ1v) is 8.19. The lowest BCUT2D eigenvalue weighted by Gasteiger charge is -2.37. The van der Waals surface area contributed by atoms with Crippen LogP contribution in [0, 0.1) is 5.92 Å². The molecule has 5 heteroatoms. The number of ether oxygens (including phenoxy) is 1. The van der Waals surface area contributed by atoms with Gasteiger partial charge in [-0.3, -0.25) is 9.89 Å². The summed E-state index contributed by atoms with van der Waals surface area (Å²) in [5.74, 6) is 0.901. The summed E-state index contributed by atoms with van der Waals surface area (Å²) in [7, 11) is 0. The molecule has 0 aromatic carbocycles. The van der Waals surface area contributed by atoms with Gasteiger partial charge in [-0.1, -0.05) is 6.92 Å². The van der Waals surface area contributed by atoms with Crippen LogP contribution in [0.1, 0.15) is 50.6 Å². The molecule has 2 aliphatic rings. The number of aromatic amines is 1. The molecule has 0 spiro atoms. The zero-order valence-corrected chi connectivity index (χ0v) is 12.8. The molecule has 1 aromatic heterocycles. The van der Waals surface area contributed by atoms with Gasteiger partial charge in [0.25, 0.3) is 0 Å². The summed E-state index contributed by atoms with van der Waals surface area (Å²) in [6.45, 7) is 4.63. The Balaban J connectivity index is 1.57. The van der Waals surface area contributed by atoms with Crippen LogP contribution < -0.4 is 0 Å². The van der Waals surface area contributed by atoms with E-state index >= 15 is 0 Å². The fraction of sp³-hybridized carbons (Fsp3) is 0.750. The summed E-state index contributed by atoms with van der Waals surface area (Å²) in [6, 6.07) is 2.05. The molecule has 3 heterocycles. The third kappa shape index (κ3) is 3.12. The van der Waals surface area contributed by atoms with Crippen molar-refractivity contribution in [3.8, 4) is 0 Å². The van der Waals surface area contributed by atoms with Crippen LogP contribution in [0.25, 0.3) is 0 Å². The van der Waals surface area contributed by atoms with E-state index in [9.17, 15) is 4.79 Å². The van der Waals surface area contributed by atoms with Gasteiger partial charge >= 0.3 is 0 Å². The lowest BCUT2D eigenvalue weighted by molar-refractivity contribution is -0.146. The third-order valence-corrected chi connectivity index (χ3v) is 4.93. The predicted octanol–water partition coefficient (Wildman–Crippen LogP) is 2.32. The number of aromatic nitrogens is 2. The zero-order chi connectivity index (χ0) is 14.7. The number of H-pyrrole nitrogens is 1. The number of amides is 1. The predicted molar refractivity (Wildman–Crippen MR) is 79.9 cm³/mol. The lowest BCUT2D eigenvalue weighted by atomic mass is 9.88. The Morgan fingerprint density at radius 2 is 2.24 bits per heavy atom. The SMILES string of the molecule is CC[C@H]1OCCC[C@@H]1C(=O)N1CCC(c2ccn[nH]2)CC1. The Bertz CT molecular complexity index is 452. The molecule has 2 atom stereocenters. The van der Waals surface area contributed by atoms with Gasteiger partial charge in [-0.05, 0) is 38.2 Å². The maximum atomic E-state index is 12.7. The number of nitrogens with one attached hydrogen (secondary N) is 1. The van der Waals surface area contributed by atoms with Crippen molar-refractivity contribution < 1.29 is 9.53 Å². The number of carbonyl (C=O) groups is 1. The van der Waals surface area contributed by atoms with E-state index < -0.39 is 0 Å². The van der Waals surface area contributed by atoms with E-state index in [0.29, 0.717) is 11.8 Å². The van der Waals surface area contributed by atoms with Crippen molar-refractivity contribution in [3.63, 3.8) is 0 Å². The lowest BCUT2D eigenvalue weighted by Crippen LogP contribution is -2.46. The van der Waals surface area contributed by atoms with Gasteiger partial charge in [0.05, 0.1) is 12.0 Å². The Morgan fingerprint density at radius 1 is 1.43 bits per heavy atom. The Labute approximate surface area is 126 Å². The molecule has 0 unspecified atom stereocenters. The van der Waals surface area contributed by atoms with Crippen molar-refractivity contribution in [2.45, 2.75) is 51.0 Å². The number of nitrogens with zero attached hydrogens (tertiary/aromatic N) is 2. The van der Waals surface area contributed by atoms with Crippen LogP contribution in [0.15, 0.2) is 12.3 Å². The molecule has 1 amide bonds. The van der Waals surface area contributed by atoms with E-state index in [1.165, 1.54) is 5.69 Å². The first-order valence-electron chi connectivity index (χ1n) is 8.19. The van der Waals surface area contributed by atoms with Crippen LogP contribution in [-0.2, 0) is 9.53 Å². The minimum Gasteiger partial charge on any atom is -0.377 e. The summed E-state index contributed by atoms with van der Waals surface area (Å²) >= 11 is 0. The van der Waals surface area contributed by atoms with Crippen LogP contribution >= 0.6 is 0 Å². The molecule has 1 N–H and O–H groups in total. The van der Waals surface area contributed by atoms with Crippen LogP contribution in [-0.4, -0.2) is 46.8 Å². The second-order valence-corrected chi connectivity index (χ2v) is 6.18. The van der Waals surface area contributed by atoms with Crippen molar-refractivity contribution in [2.75, 3.05) is 19.7 Å². The second kappa shape index (κ2) is 6.60. The second-order valence-electron chi connectivity index (χ2n) is 6.18. The highest BCUT2D eigenvalue weighted by molar-refractivity contribution is 5.79. The van der Waals surface area contributed by atoms with Gasteiger partial charge in [-0.2, -0.15) is 5.10 Å². The average molecular weight is 291 g/mol. The molecule has 0 aliphatic carbocycles. The van der Waals surface area contributed by atoms with Crippen molar-refractivity contribution in [1.29, 1.82) is 0 Å². The number of hydrogen-bond acceptors (Lipinski definition) is 3. The zero-order valence-electron chi connectivity index (χ0n) is 12.8. The Hall–Kier alpha value is -1.36. The first-order chi connectivity index (χ1) is 10.3. The third-order valence-electron chi connectivity index (χ3n) is 4.93. The number of piperidine rings is 1. The molecule has 2 aliphatic heterocycles. The van der Waals surface area contributed by atoms with Crippen LogP contribution in [0.5, 0.6) is 0 Å². The number of rotatable bonds is 3. The molecule has 21 heavy (non-hydrogen) atoms. The fourth-order valence-corrected chi connectivity index (χ4v) is 3.66. The summed E-state index contributed by atoms with van der Waals surface area (Å²) < 4.78 is 5.77. The number of hydrogen-bond donors (Lipinski definition) is 1. The van der Waals surface area contributed by atoms with Crippen LogP contribution in [0.4, 0.5) is 0 Å². The minimum absolute atomic E-state index is 0.0763. The highest BCUT2D eigenvalue weighted by Crippen LogP contribution is 2.30. The topological polar surface area (TPSA) is 58.2 Å². The van der Waals surface area contributed by atoms with E-state index in [1.807, 2.05) is 6.07 Å². The monoisotopic (exact) mass is 291 g/mol. The van der Waals surface area contributed by atoms with E-state index in [2.05, 4.69) is 22.0 Å². The van der Waals surface area contributed by atoms with Gasteiger partial charge in [0.1, 0.15) is 0 Å². The van der Waals surface area contributed by atoms with E-state index in [4.69, 9.17) is 4.74 Å². The number of carbonyl (C=O) groups excluding carboxylic acids is 1. The Kier molecular flexibility index (Phi) is 4.58. The maximum Gasteiger partial charge on any atom is 0.228 e. The van der Waals surface area contributed by atoms with E-state index in [-0.39, 0.29) is 12.0 Å². The van der Waals surface area contributed by atoms with E-state index in [1.54, 1.807) is 6.20 Å². The highest BCUT2D eigenvalue weighted by atomic mass is 16.5. The molecule has 2 saturated heterocycles. The van der Waals surface area contributed by atoms with Gasteiger partial charge in [-0.25, -0.2) is 0 Å². The quantitative estimate of drug-likeness (QED) is 0.930. The molecule has 0 saturated carbocycles. The normalized spacial score (nSPS) is 27.8. The maximum absolute atomic E-state index is 12.7. The van der Waals surface area contributed by atoms with Crippen LogP contribution in [0.2, 0.25) is 0 Å². The average Bonchev–Trinajstić information content (AvgIpc) is 3.09. The molecule has 0 bridgehead atoms. The van der Waals surface area contributed by atoms with Gasteiger partial charge in [0.15, 0.2) is 0 Å². The van der Waals surface area contributed by atoms with Gasteiger partial charge in [0.2, 0.25) is 5.91 Å². The molecule has 3 rings (SSSR count). The van der Waals surface area contributed by atoms with Crippen molar-refractivity contribution >= 4 is 5.91 Å². The van der Waals surface area contributed by atoms with Crippen molar-refractivity contribution in [3.05, 3.63) is 18.0 Å². The first kappa shape index (κ1) is 14.6. The molecule has 116 valence electrons. The van der Waals surface area contributed by atoms with Gasteiger partial charge in [0, 0.05) is 37.5 Å². The standard InChI is InChI=1S/C16H25N3O2/c1-2-15-13(4-3-11-21-15)16(20)19-9-6-12(7-10-19)14-5-8-17-18-14/h5,8,12-13,15H,2-4,6-7,9-11H2,1H3,(H,17,18)/t13-,15+/m0/s1. The molecule has 1 aromatic rings. The van der Waals surface area contributed by atoms with Crippen molar-refractivity contribution in [2.24, 2.45) is 5.92 Å². The largest absolute Gasteiger partial charge is 0.377 e. The fourth-order valence-electron chi connectivity index (χ4n) is 3.66. The van der Waals surface area contributed by atoms with Gasteiger partial charge in [-0.15, -0.1) is 0 Å². The smallest absolute Gasteiger partial charge is 0.228 e. The summed E-state index contributed by atoms with van der Waals surface area (Å²) in [5.41, 5.74) is 1.20. The number of likely N-dealkylation sites (tertiary alicyclic amines) is 1. The van der Waals surface area contributed by atoms with Gasteiger partial charge < -0.3 is 9.64 Å². The van der Waals surface area contributed by atoms with Crippen LogP contribution in [0.3, 0.4) is 0 Å². The summed E-state index contributed by atoms with van der Waals surface area (Å²) in [6.07, 6.45) is 6.90. The minimum atomic E-state index is 0.0763. The summed E-state index contributed by atoms with van der Waals surface area (Å²) in [4.78, 5) is 14.8. The molecular weight excluding hydrogens is 266 g/mol. The molecule has 2 fully saturated rings. The summed E-state index contributed by atoms with van der Waals surface area (Å²) in [5, 5.41) is 7.08. The van der Waals surface area contributed by atoms with Crippen molar-refractivity contribution in [1.82, 2.24) is 15.1 Å².